The summed E-state index contributed by atoms with van der Waals surface area (Å²) >= 11 is 0. The number of para-hydroxylation sites is 4. The number of fused-ring (bicyclic) bond motifs is 9. The maximum absolute atomic E-state index is 10.5. The minimum Gasteiger partial charge on any atom is -0.309 e. The highest BCUT2D eigenvalue weighted by atomic mass is 15.0. The zero-order valence-electron chi connectivity index (χ0n) is 29.5. The first kappa shape index (κ1) is 30.7. The highest BCUT2D eigenvalue weighted by Crippen LogP contribution is 2.41. The second-order valence-electron chi connectivity index (χ2n) is 14.0. The summed E-state index contributed by atoms with van der Waals surface area (Å²) in [5.74, 6) is 0. The largest absolute Gasteiger partial charge is 0.309 e. The lowest BCUT2D eigenvalue weighted by molar-refractivity contribution is 1.16. The molecule has 3 heterocycles. The van der Waals surface area contributed by atoms with Gasteiger partial charge < -0.3 is 13.7 Å². The molecule has 5 heteroatoms. The van der Waals surface area contributed by atoms with Gasteiger partial charge in [0, 0.05) is 38.0 Å². The number of hydrogen-bond donors (Lipinski definition) is 0. The molecular weight excluding hydrogens is 671 g/mol. The summed E-state index contributed by atoms with van der Waals surface area (Å²) in [6.07, 6.45) is 0. The van der Waals surface area contributed by atoms with Crippen molar-refractivity contribution in [1.29, 1.82) is 10.5 Å². The molecule has 3 aromatic heterocycles. The minimum atomic E-state index is 0.622. The van der Waals surface area contributed by atoms with Gasteiger partial charge in [-0.15, -0.1) is 0 Å². The SMILES string of the molecule is N#Cc1ccc2c(c1)c1ccccc1n2-c1cccc2c1c1ccccc1n2-c1ccc(-c2ccc(-n3c4ccccc4c4ccccc43)c(C#N)c2)cc1. The zero-order chi connectivity index (χ0) is 36.6. The van der Waals surface area contributed by atoms with Crippen LogP contribution in [-0.4, -0.2) is 13.7 Å². The number of nitrogens with zero attached hydrogens (tertiary/aromatic N) is 5. The zero-order valence-corrected chi connectivity index (χ0v) is 29.5. The Morgan fingerprint density at radius 3 is 1.51 bits per heavy atom. The van der Waals surface area contributed by atoms with Crippen LogP contribution in [0.5, 0.6) is 0 Å². The molecule has 5 nitrogen and oxygen atoms in total. The Labute approximate surface area is 316 Å². The van der Waals surface area contributed by atoms with E-state index in [1.54, 1.807) is 0 Å². The van der Waals surface area contributed by atoms with Crippen LogP contribution in [0.3, 0.4) is 0 Å². The minimum absolute atomic E-state index is 0.622. The van der Waals surface area contributed by atoms with Gasteiger partial charge in [-0.2, -0.15) is 10.5 Å². The molecule has 0 aliphatic rings. The van der Waals surface area contributed by atoms with Crippen LogP contribution in [0.25, 0.3) is 93.6 Å². The van der Waals surface area contributed by atoms with Crippen LogP contribution in [-0.2, 0) is 0 Å². The molecule has 0 atom stereocenters. The molecule has 11 aromatic rings. The summed E-state index contributed by atoms with van der Waals surface area (Å²) in [6, 6.07) is 65.9. The molecule has 55 heavy (non-hydrogen) atoms. The Bertz CT molecular complexity index is 3400. The van der Waals surface area contributed by atoms with E-state index in [1.807, 2.05) is 30.3 Å². The lowest BCUT2D eigenvalue weighted by Gasteiger charge is -2.13. The van der Waals surface area contributed by atoms with E-state index in [0.29, 0.717) is 11.1 Å². The van der Waals surface area contributed by atoms with E-state index in [2.05, 4.69) is 171 Å². The maximum atomic E-state index is 10.5. The van der Waals surface area contributed by atoms with Gasteiger partial charge in [0.15, 0.2) is 0 Å². The van der Waals surface area contributed by atoms with Crippen molar-refractivity contribution in [2.45, 2.75) is 0 Å². The molecule has 254 valence electrons. The van der Waals surface area contributed by atoms with E-state index >= 15 is 0 Å². The summed E-state index contributed by atoms with van der Waals surface area (Å²) < 4.78 is 6.88. The van der Waals surface area contributed by atoms with E-state index in [0.717, 1.165) is 82.8 Å². The van der Waals surface area contributed by atoms with Gasteiger partial charge in [0.1, 0.15) is 6.07 Å². The molecular formula is C50H29N5. The summed E-state index contributed by atoms with van der Waals surface area (Å²) in [5, 5.41) is 27.0. The molecule has 0 bridgehead atoms. The van der Waals surface area contributed by atoms with Crippen molar-refractivity contribution in [3.63, 3.8) is 0 Å². The highest BCUT2D eigenvalue weighted by molar-refractivity contribution is 6.16. The summed E-state index contributed by atoms with van der Waals surface area (Å²) in [6.45, 7) is 0. The fourth-order valence-corrected chi connectivity index (χ4v) is 8.75. The third-order valence-corrected chi connectivity index (χ3v) is 11.1. The molecule has 0 aliphatic heterocycles. The Hall–Kier alpha value is -7.86. The van der Waals surface area contributed by atoms with Gasteiger partial charge in [0.2, 0.25) is 0 Å². The van der Waals surface area contributed by atoms with Crippen LogP contribution in [0, 0.1) is 22.7 Å². The fraction of sp³-hybridized carbons (Fsp3) is 0. The van der Waals surface area contributed by atoms with Crippen LogP contribution in [0.15, 0.2) is 176 Å². The van der Waals surface area contributed by atoms with Crippen molar-refractivity contribution in [2.75, 3.05) is 0 Å². The average molecular weight is 700 g/mol. The predicted molar refractivity (Wildman–Crippen MR) is 224 cm³/mol. The van der Waals surface area contributed by atoms with E-state index in [4.69, 9.17) is 0 Å². The fourth-order valence-electron chi connectivity index (χ4n) is 8.75. The van der Waals surface area contributed by atoms with Gasteiger partial charge in [-0.25, -0.2) is 0 Å². The lowest BCUT2D eigenvalue weighted by atomic mass is 10.0. The standard InChI is InChI=1S/C50H29N5/c51-30-32-20-26-47-41(28-32)39-12-3-7-16-45(39)55(47)49-19-9-18-48-50(49)40-13-4-8-17-46(40)53(48)36-24-21-33(22-25-36)34-23-27-42(35(29-34)31-52)54-43-14-5-1-10-37(43)38-11-2-6-15-44(38)54/h1-29H. The molecule has 0 saturated heterocycles. The summed E-state index contributed by atoms with van der Waals surface area (Å²) in [5.41, 5.74) is 12.9. The van der Waals surface area contributed by atoms with E-state index in [9.17, 15) is 10.5 Å². The second-order valence-corrected chi connectivity index (χ2v) is 14.0. The van der Waals surface area contributed by atoms with Gasteiger partial charge in [0.05, 0.1) is 61.7 Å². The van der Waals surface area contributed by atoms with Crippen LogP contribution in [0.2, 0.25) is 0 Å². The molecule has 0 aliphatic carbocycles. The molecule has 8 aromatic carbocycles. The maximum Gasteiger partial charge on any atom is 0.101 e. The molecule has 0 amide bonds. The summed E-state index contributed by atoms with van der Waals surface area (Å²) in [7, 11) is 0. The van der Waals surface area contributed by atoms with Gasteiger partial charge >= 0.3 is 0 Å². The molecule has 0 spiro atoms. The summed E-state index contributed by atoms with van der Waals surface area (Å²) in [4.78, 5) is 0. The lowest BCUT2D eigenvalue weighted by Crippen LogP contribution is -1.98. The van der Waals surface area contributed by atoms with Crippen molar-refractivity contribution >= 4 is 65.4 Å². The molecule has 0 radical (unpaired) electrons. The van der Waals surface area contributed by atoms with Crippen LogP contribution in [0.1, 0.15) is 11.1 Å². The van der Waals surface area contributed by atoms with E-state index < -0.39 is 0 Å². The number of rotatable bonds is 4. The van der Waals surface area contributed by atoms with Crippen molar-refractivity contribution < 1.29 is 0 Å². The molecule has 0 fully saturated rings. The Morgan fingerprint density at radius 1 is 0.345 bits per heavy atom. The van der Waals surface area contributed by atoms with Gasteiger partial charge in [0.25, 0.3) is 0 Å². The second kappa shape index (κ2) is 11.8. The van der Waals surface area contributed by atoms with Gasteiger partial charge in [-0.3, -0.25) is 0 Å². The quantitative estimate of drug-likeness (QED) is 0.184. The van der Waals surface area contributed by atoms with Crippen LogP contribution >= 0.6 is 0 Å². The molecule has 0 saturated carbocycles. The van der Waals surface area contributed by atoms with Crippen LogP contribution in [0.4, 0.5) is 0 Å². The smallest absolute Gasteiger partial charge is 0.101 e. The molecule has 0 unspecified atom stereocenters. The Kier molecular flexibility index (Phi) is 6.61. The average Bonchev–Trinajstić information content (AvgIpc) is 3.89. The van der Waals surface area contributed by atoms with E-state index in [-0.39, 0.29) is 0 Å². The first-order valence-corrected chi connectivity index (χ1v) is 18.3. The van der Waals surface area contributed by atoms with Crippen molar-refractivity contribution in [1.82, 2.24) is 13.7 Å². The van der Waals surface area contributed by atoms with Crippen molar-refractivity contribution in [3.8, 4) is 40.3 Å². The topological polar surface area (TPSA) is 62.4 Å². The molecule has 0 N–H and O–H groups in total. The van der Waals surface area contributed by atoms with Gasteiger partial charge in [-0.05, 0) is 90.0 Å². The Balaban J connectivity index is 1.05. The first-order valence-electron chi connectivity index (χ1n) is 18.3. The number of nitriles is 2. The van der Waals surface area contributed by atoms with E-state index in [1.165, 1.54) is 10.8 Å². The first-order chi connectivity index (χ1) is 27.2. The number of benzene rings is 8. The number of aromatic nitrogens is 3. The predicted octanol–water partition coefficient (Wildman–Crippen LogP) is 12.4. The molecule has 11 rings (SSSR count). The highest BCUT2D eigenvalue weighted by Gasteiger charge is 2.20. The van der Waals surface area contributed by atoms with Crippen molar-refractivity contribution in [2.24, 2.45) is 0 Å². The number of hydrogen-bond acceptors (Lipinski definition) is 2. The Morgan fingerprint density at radius 2 is 0.873 bits per heavy atom. The van der Waals surface area contributed by atoms with Crippen molar-refractivity contribution in [3.05, 3.63) is 187 Å². The van der Waals surface area contributed by atoms with Crippen LogP contribution < -0.4 is 0 Å². The monoisotopic (exact) mass is 699 g/mol. The third-order valence-electron chi connectivity index (χ3n) is 11.1. The van der Waals surface area contributed by atoms with Gasteiger partial charge in [-0.1, -0.05) is 97.1 Å². The third kappa shape index (κ3) is 4.45. The normalized spacial score (nSPS) is 11.6.